The van der Waals surface area contributed by atoms with E-state index in [4.69, 9.17) is 9.72 Å². The van der Waals surface area contributed by atoms with E-state index in [2.05, 4.69) is 20.8 Å². The number of aromatic nitrogens is 4. The van der Waals surface area contributed by atoms with Gasteiger partial charge in [0.25, 0.3) is 5.91 Å². The highest BCUT2D eigenvalue weighted by Crippen LogP contribution is 2.30. The molecule has 8 heteroatoms. The van der Waals surface area contributed by atoms with Gasteiger partial charge in [-0.1, -0.05) is 18.2 Å². The molecule has 166 valence electrons. The van der Waals surface area contributed by atoms with Crippen LogP contribution in [0.1, 0.15) is 13.8 Å². The van der Waals surface area contributed by atoms with Crippen LogP contribution in [-0.2, 0) is 4.79 Å². The van der Waals surface area contributed by atoms with Crippen LogP contribution >= 0.6 is 0 Å². The van der Waals surface area contributed by atoms with Crippen molar-refractivity contribution >= 4 is 33.8 Å². The van der Waals surface area contributed by atoms with E-state index in [1.54, 1.807) is 6.20 Å². The SMILES string of the molecule is CC(C)NC(=O)COc1cccc(-c2nc(Nc3ccc4[nH]ncc4c3)c3ccccn23)c1. The van der Waals surface area contributed by atoms with E-state index in [0.717, 1.165) is 39.3 Å². The summed E-state index contributed by atoms with van der Waals surface area (Å²) in [6.45, 7) is 3.80. The minimum Gasteiger partial charge on any atom is -0.484 e. The smallest absolute Gasteiger partial charge is 0.258 e. The van der Waals surface area contributed by atoms with Crippen LogP contribution in [0.25, 0.3) is 27.8 Å². The monoisotopic (exact) mass is 440 g/mol. The van der Waals surface area contributed by atoms with E-state index in [0.29, 0.717) is 5.75 Å². The number of nitrogens with one attached hydrogen (secondary N) is 3. The average Bonchev–Trinajstić information content (AvgIpc) is 3.42. The Kier molecular flexibility index (Phi) is 5.40. The van der Waals surface area contributed by atoms with Gasteiger partial charge in [-0.3, -0.25) is 14.3 Å². The maximum atomic E-state index is 11.9. The lowest BCUT2D eigenvalue weighted by Crippen LogP contribution is -2.34. The van der Waals surface area contributed by atoms with E-state index in [-0.39, 0.29) is 18.6 Å². The number of anilines is 2. The zero-order valence-corrected chi connectivity index (χ0v) is 18.4. The number of rotatable bonds is 7. The minimum atomic E-state index is -0.150. The topological polar surface area (TPSA) is 96.3 Å². The number of pyridine rings is 1. The molecule has 0 atom stereocenters. The molecule has 5 rings (SSSR count). The van der Waals surface area contributed by atoms with E-state index in [1.165, 1.54) is 0 Å². The number of hydrogen-bond donors (Lipinski definition) is 3. The van der Waals surface area contributed by atoms with E-state index in [9.17, 15) is 4.79 Å². The van der Waals surface area contributed by atoms with Gasteiger partial charge >= 0.3 is 0 Å². The first-order valence-corrected chi connectivity index (χ1v) is 10.8. The molecule has 3 aromatic heterocycles. The molecule has 5 aromatic rings. The quantitative estimate of drug-likeness (QED) is 0.346. The Morgan fingerprint density at radius 3 is 2.91 bits per heavy atom. The predicted molar refractivity (Wildman–Crippen MR) is 129 cm³/mol. The number of amides is 1. The Bertz CT molecular complexity index is 1440. The van der Waals surface area contributed by atoms with Gasteiger partial charge in [-0.05, 0) is 56.3 Å². The van der Waals surface area contributed by atoms with Crippen LogP contribution in [0.2, 0.25) is 0 Å². The molecule has 2 aromatic carbocycles. The van der Waals surface area contributed by atoms with Crippen molar-refractivity contribution in [3.05, 3.63) is 73.1 Å². The second-order valence-electron chi connectivity index (χ2n) is 8.08. The first-order chi connectivity index (χ1) is 16.1. The van der Waals surface area contributed by atoms with Crippen molar-refractivity contribution in [3.63, 3.8) is 0 Å². The summed E-state index contributed by atoms with van der Waals surface area (Å²) in [5.74, 6) is 1.98. The number of ether oxygens (including phenoxy) is 1. The molecule has 1 amide bonds. The third-order valence-electron chi connectivity index (χ3n) is 5.16. The van der Waals surface area contributed by atoms with Gasteiger partial charge in [0.05, 0.1) is 17.2 Å². The van der Waals surface area contributed by atoms with Crippen LogP contribution in [0.4, 0.5) is 11.5 Å². The molecule has 0 bridgehead atoms. The molecule has 0 aliphatic carbocycles. The molecule has 0 saturated carbocycles. The zero-order chi connectivity index (χ0) is 22.8. The number of fused-ring (bicyclic) bond motifs is 2. The van der Waals surface area contributed by atoms with Gasteiger partial charge in [0.2, 0.25) is 0 Å². The Balaban J connectivity index is 1.45. The van der Waals surface area contributed by atoms with E-state index < -0.39 is 0 Å². The Hall–Kier alpha value is -4.33. The summed E-state index contributed by atoms with van der Waals surface area (Å²) in [5, 5.41) is 14.3. The van der Waals surface area contributed by atoms with Crippen LogP contribution in [0.15, 0.2) is 73.1 Å². The highest BCUT2D eigenvalue weighted by molar-refractivity contribution is 5.85. The lowest BCUT2D eigenvalue weighted by Gasteiger charge is -2.10. The van der Waals surface area contributed by atoms with Crippen molar-refractivity contribution in [1.82, 2.24) is 24.9 Å². The Morgan fingerprint density at radius 1 is 1.12 bits per heavy atom. The second kappa shape index (κ2) is 8.66. The summed E-state index contributed by atoms with van der Waals surface area (Å²) in [6.07, 6.45) is 3.77. The standard InChI is InChI=1S/C25H24N6O2/c1-16(2)27-23(32)15-33-20-7-5-6-17(13-20)25-29-24(22-8-3-4-11-31(22)25)28-19-9-10-21-18(12-19)14-26-30-21/h3-14,16,28H,15H2,1-2H3,(H,26,30)(H,27,32). The first-order valence-electron chi connectivity index (χ1n) is 10.8. The zero-order valence-electron chi connectivity index (χ0n) is 18.4. The molecule has 3 heterocycles. The van der Waals surface area contributed by atoms with Crippen LogP contribution in [0, 0.1) is 0 Å². The van der Waals surface area contributed by atoms with Gasteiger partial charge in [-0.15, -0.1) is 0 Å². The molecule has 8 nitrogen and oxygen atoms in total. The van der Waals surface area contributed by atoms with Crippen molar-refractivity contribution < 1.29 is 9.53 Å². The van der Waals surface area contributed by atoms with Crippen LogP contribution in [0.3, 0.4) is 0 Å². The summed E-state index contributed by atoms with van der Waals surface area (Å²) in [5.41, 5.74) is 3.74. The van der Waals surface area contributed by atoms with Gasteiger partial charge in [0, 0.05) is 28.9 Å². The van der Waals surface area contributed by atoms with E-state index >= 15 is 0 Å². The normalized spacial score (nSPS) is 11.2. The van der Waals surface area contributed by atoms with Crippen molar-refractivity contribution in [2.24, 2.45) is 0 Å². The fraction of sp³-hybridized carbons (Fsp3) is 0.160. The third-order valence-corrected chi connectivity index (χ3v) is 5.16. The largest absolute Gasteiger partial charge is 0.484 e. The number of benzene rings is 2. The highest BCUT2D eigenvalue weighted by atomic mass is 16.5. The van der Waals surface area contributed by atoms with Gasteiger partial charge < -0.3 is 15.4 Å². The van der Waals surface area contributed by atoms with Gasteiger partial charge in [-0.2, -0.15) is 5.10 Å². The van der Waals surface area contributed by atoms with Crippen molar-refractivity contribution in [2.45, 2.75) is 19.9 Å². The maximum absolute atomic E-state index is 11.9. The highest BCUT2D eigenvalue weighted by Gasteiger charge is 2.14. The molecule has 0 spiro atoms. The minimum absolute atomic E-state index is 0.0345. The molecule has 3 N–H and O–H groups in total. The number of H-pyrrole nitrogens is 1. The summed E-state index contributed by atoms with van der Waals surface area (Å²) >= 11 is 0. The number of imidazole rings is 1. The van der Waals surface area contributed by atoms with E-state index in [1.807, 2.05) is 85.1 Å². The van der Waals surface area contributed by atoms with Gasteiger partial charge in [-0.25, -0.2) is 4.98 Å². The number of nitrogens with zero attached hydrogens (tertiary/aromatic N) is 3. The Labute approximate surface area is 190 Å². The Morgan fingerprint density at radius 2 is 2.03 bits per heavy atom. The summed E-state index contributed by atoms with van der Waals surface area (Å²) in [7, 11) is 0. The van der Waals surface area contributed by atoms with Crippen LogP contribution in [0.5, 0.6) is 5.75 Å². The predicted octanol–water partition coefficient (Wildman–Crippen LogP) is 4.52. The molecule has 0 aliphatic heterocycles. The molecule has 0 unspecified atom stereocenters. The lowest BCUT2D eigenvalue weighted by atomic mass is 10.2. The van der Waals surface area contributed by atoms with Crippen molar-refractivity contribution in [1.29, 1.82) is 0 Å². The van der Waals surface area contributed by atoms with Gasteiger partial charge in [0.1, 0.15) is 11.6 Å². The molecule has 33 heavy (non-hydrogen) atoms. The fourth-order valence-electron chi connectivity index (χ4n) is 3.73. The first kappa shape index (κ1) is 20.6. The maximum Gasteiger partial charge on any atom is 0.258 e. The molecule has 0 saturated heterocycles. The molecular weight excluding hydrogens is 416 g/mol. The number of aromatic amines is 1. The summed E-state index contributed by atoms with van der Waals surface area (Å²) in [6, 6.07) is 19.7. The average molecular weight is 441 g/mol. The van der Waals surface area contributed by atoms with Crippen molar-refractivity contribution in [3.8, 4) is 17.1 Å². The number of hydrogen-bond acceptors (Lipinski definition) is 5. The third kappa shape index (κ3) is 4.36. The molecule has 0 fully saturated rings. The molecular formula is C25H24N6O2. The van der Waals surface area contributed by atoms with Gasteiger partial charge in [0.15, 0.2) is 12.4 Å². The van der Waals surface area contributed by atoms with Crippen molar-refractivity contribution in [2.75, 3.05) is 11.9 Å². The summed E-state index contributed by atoms with van der Waals surface area (Å²) in [4.78, 5) is 16.8. The summed E-state index contributed by atoms with van der Waals surface area (Å²) < 4.78 is 7.74. The molecule has 0 aliphatic rings. The molecule has 0 radical (unpaired) electrons. The van der Waals surface area contributed by atoms with Crippen LogP contribution in [-0.4, -0.2) is 38.1 Å². The second-order valence-corrected chi connectivity index (χ2v) is 8.08. The lowest BCUT2D eigenvalue weighted by molar-refractivity contribution is -0.123. The number of carbonyl (C=O) groups is 1. The van der Waals surface area contributed by atoms with Crippen LogP contribution < -0.4 is 15.4 Å². The fourth-order valence-corrected chi connectivity index (χ4v) is 3.73. The number of carbonyl (C=O) groups excluding carboxylic acids is 1.